The molecule has 14 nitrogen and oxygen atoms in total. The van der Waals surface area contributed by atoms with Crippen molar-refractivity contribution in [1.29, 1.82) is 0 Å². The summed E-state index contributed by atoms with van der Waals surface area (Å²) in [7, 11) is 1.41. The topological polar surface area (TPSA) is 184 Å². The lowest BCUT2D eigenvalue weighted by molar-refractivity contribution is -0.142. The Hall–Kier alpha value is -6.05. The maximum Gasteiger partial charge on any atom is 0.255 e. The molecular weight excluding hydrogens is 911 g/mol. The first-order valence-electron chi connectivity index (χ1n) is 22.3. The van der Waals surface area contributed by atoms with Crippen LogP contribution in [0.2, 0.25) is 0 Å². The number of thiophene rings is 1. The van der Waals surface area contributed by atoms with Gasteiger partial charge >= 0.3 is 0 Å². The molecule has 3 aromatic carbocycles. The molecule has 4 N–H and O–H groups in total. The first kappa shape index (κ1) is 48.4. The number of amides is 3. The molecule has 2 aliphatic rings. The molecule has 0 aliphatic carbocycles. The van der Waals surface area contributed by atoms with Crippen LogP contribution in [0.1, 0.15) is 107 Å². The number of halogens is 2. The van der Waals surface area contributed by atoms with E-state index in [1.54, 1.807) is 73.2 Å². The van der Waals surface area contributed by atoms with Crippen molar-refractivity contribution in [2.24, 2.45) is 10.4 Å². The van der Waals surface area contributed by atoms with E-state index in [1.807, 2.05) is 63.5 Å². The largest absolute Gasteiger partial charge is 0.391 e. The fraction of sp³-hybridized carbons (Fsp3) is 0.380. The van der Waals surface area contributed by atoms with E-state index in [0.29, 0.717) is 28.5 Å². The van der Waals surface area contributed by atoms with Crippen LogP contribution in [0.3, 0.4) is 0 Å². The van der Waals surface area contributed by atoms with Crippen LogP contribution in [0.4, 0.5) is 8.78 Å². The van der Waals surface area contributed by atoms with E-state index >= 15 is 8.78 Å². The van der Waals surface area contributed by atoms with E-state index in [-0.39, 0.29) is 24.9 Å². The molecule has 5 heterocycles. The highest BCUT2D eigenvalue weighted by Gasteiger charge is 2.45. The number of ether oxygens (including phenoxy) is 1. The highest BCUT2D eigenvalue weighted by atomic mass is 32.1. The van der Waals surface area contributed by atoms with Crippen LogP contribution < -0.4 is 10.6 Å². The Labute approximate surface area is 401 Å². The highest BCUT2D eigenvalue weighted by molar-refractivity contribution is 7.15. The Kier molecular flexibility index (Phi) is 13.6. The lowest BCUT2D eigenvalue weighted by Gasteiger charge is -2.35. The fourth-order valence-electron chi connectivity index (χ4n) is 8.81. The molecule has 1 saturated heterocycles. The number of carbonyl (C=O) groups is 3. The number of nitrogens with one attached hydrogen (secondary N) is 2. The number of benzene rings is 3. The van der Waals surface area contributed by atoms with Crippen molar-refractivity contribution in [2.75, 3.05) is 13.7 Å². The highest BCUT2D eigenvalue weighted by Crippen LogP contribution is 2.40. The predicted molar refractivity (Wildman–Crippen MR) is 257 cm³/mol. The van der Waals surface area contributed by atoms with Gasteiger partial charge in [-0.05, 0) is 68.4 Å². The lowest BCUT2D eigenvalue weighted by Crippen LogP contribution is -2.58. The third-order valence-corrected chi connectivity index (χ3v) is 14.9. The minimum Gasteiger partial charge on any atom is -0.391 e. The molecule has 1 fully saturated rings. The molecule has 3 amide bonds. The Morgan fingerprint density at radius 2 is 1.60 bits per heavy atom. The SMILES string of the molecule is COC(O)C[C@@H]1N=C(c2ccc(-c3ccc(C(=O)N[C@H](C(=O)N4C[C@H](O)C[C@H]4C(=O)N[C@@H](C)c4ccc(-c5scnc5C)cc4)C(C)(C)C)c(F)c3F)cc2)c2c(sc(C)c2C)-n2c(C)nnc21. The van der Waals surface area contributed by atoms with Crippen molar-refractivity contribution in [2.45, 2.75) is 105 Å². The number of aromatic nitrogens is 4. The molecule has 0 saturated carbocycles. The van der Waals surface area contributed by atoms with Crippen LogP contribution in [0.15, 0.2) is 71.2 Å². The summed E-state index contributed by atoms with van der Waals surface area (Å²) in [6.07, 6.45) is -2.03. The van der Waals surface area contributed by atoms with Gasteiger partial charge in [0.2, 0.25) is 11.8 Å². The minimum absolute atomic E-state index is 0.0220. The number of rotatable bonds is 12. The number of fused-ring (bicyclic) bond motifs is 3. The van der Waals surface area contributed by atoms with Gasteiger partial charge in [-0.15, -0.1) is 32.9 Å². The lowest BCUT2D eigenvalue weighted by atomic mass is 9.85. The van der Waals surface area contributed by atoms with Gasteiger partial charge in [0.1, 0.15) is 29.0 Å². The zero-order chi connectivity index (χ0) is 48.9. The van der Waals surface area contributed by atoms with Crippen LogP contribution in [0.25, 0.3) is 26.6 Å². The first-order chi connectivity index (χ1) is 32.3. The standard InChI is InChI=1S/C50H54F2N8O6S2/c1-24-27(4)68-49-39(24)42(55-36(21-38(62)66-9)45-58-57-28(5)60(45)49)31-14-12-30(13-15-31)34-18-19-35(41(52)40(34)51)46(63)56-44(50(6,7)8)48(65)59-22-33(61)20-37(59)47(64)54-25(2)29-10-16-32(17-11-29)43-26(3)53-23-67-43/h10-19,23,25,33,36-38,44,61-62H,20-22H2,1-9H3,(H,54,64)(H,56,63)/t25-,33+,36-,37-,38?,44+/m0/s1. The molecule has 0 radical (unpaired) electrons. The quantitative estimate of drug-likeness (QED) is 0.0887. The van der Waals surface area contributed by atoms with Crippen molar-refractivity contribution in [3.05, 3.63) is 128 Å². The number of β-amino-alcohol motifs (C(OH)–C–C–N with tert-alkyl or cyclic N) is 1. The third-order valence-electron chi connectivity index (χ3n) is 12.8. The molecule has 6 atom stereocenters. The van der Waals surface area contributed by atoms with Crippen molar-refractivity contribution in [1.82, 2.24) is 35.3 Å². The predicted octanol–water partition coefficient (Wildman–Crippen LogP) is 7.86. The second-order valence-electron chi connectivity index (χ2n) is 18.5. The van der Waals surface area contributed by atoms with E-state index < -0.39 is 76.9 Å². The number of hydrogen-bond donors (Lipinski definition) is 4. The molecule has 0 spiro atoms. The molecular formula is C50H54F2N8O6S2. The first-order valence-corrected chi connectivity index (χ1v) is 24.0. The fourth-order valence-corrected chi connectivity index (χ4v) is 10.8. The molecule has 356 valence electrons. The van der Waals surface area contributed by atoms with E-state index in [2.05, 4.69) is 25.8 Å². The number of methoxy groups -OCH3 is 1. The zero-order valence-corrected chi connectivity index (χ0v) is 40.9. The van der Waals surface area contributed by atoms with Crippen LogP contribution in [0, 0.1) is 44.7 Å². The summed E-state index contributed by atoms with van der Waals surface area (Å²) >= 11 is 3.12. The van der Waals surface area contributed by atoms with Gasteiger partial charge in [-0.3, -0.25) is 23.9 Å². The summed E-state index contributed by atoms with van der Waals surface area (Å²) in [5.74, 6) is -3.59. The van der Waals surface area contributed by atoms with Crippen LogP contribution in [-0.4, -0.2) is 96.4 Å². The maximum atomic E-state index is 16.1. The van der Waals surface area contributed by atoms with E-state index in [4.69, 9.17) is 9.73 Å². The molecule has 68 heavy (non-hydrogen) atoms. The van der Waals surface area contributed by atoms with E-state index in [9.17, 15) is 24.6 Å². The Morgan fingerprint density at radius 3 is 2.25 bits per heavy atom. The second-order valence-corrected chi connectivity index (χ2v) is 20.5. The smallest absolute Gasteiger partial charge is 0.255 e. The molecule has 2 aliphatic heterocycles. The van der Waals surface area contributed by atoms with Crippen molar-refractivity contribution >= 4 is 46.1 Å². The van der Waals surface area contributed by atoms with Gasteiger partial charge in [-0.2, -0.15) is 0 Å². The number of nitrogens with zero attached hydrogens (tertiary/aromatic N) is 6. The van der Waals surface area contributed by atoms with Crippen LogP contribution in [-0.2, 0) is 14.3 Å². The van der Waals surface area contributed by atoms with Crippen molar-refractivity contribution in [3.8, 4) is 26.6 Å². The van der Waals surface area contributed by atoms with Gasteiger partial charge < -0.3 is 30.5 Å². The molecule has 3 aromatic heterocycles. The van der Waals surface area contributed by atoms with Gasteiger partial charge in [0.05, 0.1) is 39.5 Å². The number of aliphatic hydroxyl groups is 2. The molecule has 8 rings (SSSR count). The van der Waals surface area contributed by atoms with Crippen molar-refractivity contribution in [3.63, 3.8) is 0 Å². The number of likely N-dealkylation sites (tertiary alicyclic amines) is 1. The van der Waals surface area contributed by atoms with Crippen LogP contribution >= 0.6 is 22.7 Å². The number of carbonyl (C=O) groups excluding carboxylic acids is 3. The summed E-state index contributed by atoms with van der Waals surface area (Å²) in [4.78, 5) is 54.8. The molecule has 6 aromatic rings. The Morgan fingerprint density at radius 1 is 0.926 bits per heavy atom. The van der Waals surface area contributed by atoms with Crippen LogP contribution in [0.5, 0.6) is 0 Å². The van der Waals surface area contributed by atoms with Gasteiger partial charge in [-0.1, -0.05) is 75.4 Å². The summed E-state index contributed by atoms with van der Waals surface area (Å²) in [6.45, 7) is 14.6. The van der Waals surface area contributed by atoms with Gasteiger partial charge in [0.15, 0.2) is 23.7 Å². The zero-order valence-electron chi connectivity index (χ0n) is 39.2. The van der Waals surface area contributed by atoms with E-state index in [1.165, 1.54) is 24.1 Å². The average Bonchev–Trinajstić information content (AvgIpc) is 4.08. The normalized spacial score (nSPS) is 18.3. The van der Waals surface area contributed by atoms with Crippen molar-refractivity contribution < 1.29 is 38.1 Å². The summed E-state index contributed by atoms with van der Waals surface area (Å²) in [6, 6.07) is 13.7. The van der Waals surface area contributed by atoms with E-state index in [0.717, 1.165) is 42.7 Å². The maximum absolute atomic E-state index is 16.1. The minimum atomic E-state index is -1.40. The molecule has 18 heteroatoms. The number of aliphatic hydroxyl groups excluding tert-OH is 2. The number of thiazole rings is 1. The van der Waals surface area contributed by atoms with Gasteiger partial charge in [-0.25, -0.2) is 13.8 Å². The Balaban J connectivity index is 1.000. The number of aryl methyl sites for hydroxylation is 3. The number of hydrogen-bond acceptors (Lipinski definition) is 12. The summed E-state index contributed by atoms with van der Waals surface area (Å²) in [5, 5.41) is 36.5. The second kappa shape index (κ2) is 19.2. The monoisotopic (exact) mass is 964 g/mol. The molecule has 1 unspecified atom stereocenters. The Bertz CT molecular complexity index is 2920. The third kappa shape index (κ3) is 9.27. The summed E-state index contributed by atoms with van der Waals surface area (Å²) in [5.41, 5.74) is 6.42. The molecule has 0 bridgehead atoms. The van der Waals surface area contributed by atoms with Gasteiger partial charge in [0, 0.05) is 48.1 Å². The van der Waals surface area contributed by atoms with Gasteiger partial charge in [0.25, 0.3) is 5.91 Å². The average molecular weight is 965 g/mol. The number of aliphatic imine (C=N–C) groups is 1. The summed E-state index contributed by atoms with van der Waals surface area (Å²) < 4.78 is 39.4.